The Kier molecular flexibility index (Phi) is 3.90. The number of aryl methyl sites for hydroxylation is 2. The largest absolute Gasteiger partial charge is 0.490 e. The van der Waals surface area contributed by atoms with Crippen molar-refractivity contribution in [2.45, 2.75) is 26.9 Å². The summed E-state index contributed by atoms with van der Waals surface area (Å²) < 4.78 is 5.46. The highest BCUT2D eigenvalue weighted by molar-refractivity contribution is 5.93. The van der Waals surface area contributed by atoms with Crippen LogP contribution in [-0.2, 0) is 0 Å². The number of benzene rings is 1. The van der Waals surface area contributed by atoms with Gasteiger partial charge in [-0.3, -0.25) is 4.79 Å². The summed E-state index contributed by atoms with van der Waals surface area (Å²) in [6.45, 7) is 5.58. The molecule has 1 aromatic rings. The molecular formula is C12H17NO3. The molecule has 4 nitrogen and oxygen atoms in total. The lowest BCUT2D eigenvalue weighted by Crippen LogP contribution is -2.15. The quantitative estimate of drug-likeness (QED) is 0.804. The van der Waals surface area contributed by atoms with Gasteiger partial charge < -0.3 is 15.6 Å². The predicted octanol–water partition coefficient (Wildman–Crippen LogP) is 1.16. The van der Waals surface area contributed by atoms with Gasteiger partial charge in [-0.1, -0.05) is 0 Å². The third kappa shape index (κ3) is 2.97. The van der Waals surface area contributed by atoms with E-state index in [1.54, 1.807) is 19.1 Å². The summed E-state index contributed by atoms with van der Waals surface area (Å²) in [6, 6.07) is 3.37. The molecule has 0 aliphatic rings. The van der Waals surface area contributed by atoms with E-state index in [9.17, 15) is 4.79 Å². The van der Waals surface area contributed by atoms with E-state index in [0.717, 1.165) is 11.1 Å². The summed E-state index contributed by atoms with van der Waals surface area (Å²) >= 11 is 0. The number of nitrogens with two attached hydrogens (primary N) is 1. The van der Waals surface area contributed by atoms with Crippen LogP contribution in [0.1, 0.15) is 28.4 Å². The minimum atomic E-state index is -0.519. The maximum Gasteiger partial charge on any atom is 0.248 e. The number of aliphatic hydroxyl groups is 1. The number of ether oxygens (including phenoxy) is 1. The van der Waals surface area contributed by atoms with Crippen molar-refractivity contribution in [3.05, 3.63) is 28.8 Å². The van der Waals surface area contributed by atoms with Gasteiger partial charge in [0.25, 0.3) is 0 Å². The van der Waals surface area contributed by atoms with Crippen LogP contribution in [0.3, 0.4) is 0 Å². The zero-order valence-corrected chi connectivity index (χ0v) is 9.78. The van der Waals surface area contributed by atoms with E-state index in [1.807, 2.05) is 13.8 Å². The van der Waals surface area contributed by atoms with Crippen molar-refractivity contribution in [2.24, 2.45) is 5.73 Å². The Balaban J connectivity index is 2.98. The minimum Gasteiger partial charge on any atom is -0.490 e. The number of hydrogen-bond acceptors (Lipinski definition) is 3. The second-order valence-corrected chi connectivity index (χ2v) is 3.96. The number of carbonyl (C=O) groups excluding carboxylic acids is 1. The third-order valence-corrected chi connectivity index (χ3v) is 2.21. The molecule has 1 atom stereocenters. The molecule has 3 N–H and O–H groups in total. The van der Waals surface area contributed by atoms with Crippen molar-refractivity contribution in [3.63, 3.8) is 0 Å². The first-order chi connectivity index (χ1) is 7.41. The summed E-state index contributed by atoms with van der Waals surface area (Å²) in [7, 11) is 0. The number of primary amides is 1. The highest BCUT2D eigenvalue weighted by Crippen LogP contribution is 2.24. The van der Waals surface area contributed by atoms with E-state index in [4.69, 9.17) is 15.6 Å². The molecule has 16 heavy (non-hydrogen) atoms. The number of carbonyl (C=O) groups is 1. The molecule has 0 aromatic heterocycles. The summed E-state index contributed by atoms with van der Waals surface area (Å²) in [4.78, 5) is 11.0. The van der Waals surface area contributed by atoms with Crippen molar-refractivity contribution in [3.8, 4) is 5.75 Å². The van der Waals surface area contributed by atoms with E-state index >= 15 is 0 Å². The fraction of sp³-hybridized carbons (Fsp3) is 0.417. The van der Waals surface area contributed by atoms with Crippen LogP contribution in [0.15, 0.2) is 12.1 Å². The van der Waals surface area contributed by atoms with Gasteiger partial charge in [-0.2, -0.15) is 0 Å². The van der Waals surface area contributed by atoms with Crippen LogP contribution in [0.2, 0.25) is 0 Å². The Morgan fingerprint density at radius 3 is 2.31 bits per heavy atom. The maximum atomic E-state index is 11.0. The monoisotopic (exact) mass is 223 g/mol. The predicted molar refractivity (Wildman–Crippen MR) is 61.6 cm³/mol. The number of hydrogen-bond donors (Lipinski definition) is 2. The SMILES string of the molecule is Cc1cc(C(N)=O)cc(C)c1OC[C@@H](C)O. The van der Waals surface area contributed by atoms with Crippen LogP contribution >= 0.6 is 0 Å². The molecular weight excluding hydrogens is 206 g/mol. The Morgan fingerprint density at radius 2 is 1.94 bits per heavy atom. The van der Waals surface area contributed by atoms with Crippen LogP contribution in [0, 0.1) is 13.8 Å². The van der Waals surface area contributed by atoms with Gasteiger partial charge in [-0.15, -0.1) is 0 Å². The summed E-state index contributed by atoms with van der Waals surface area (Å²) in [5.41, 5.74) is 7.36. The van der Waals surface area contributed by atoms with Gasteiger partial charge in [-0.05, 0) is 44.0 Å². The molecule has 0 unspecified atom stereocenters. The second-order valence-electron chi connectivity index (χ2n) is 3.96. The molecule has 0 radical (unpaired) electrons. The minimum absolute atomic E-state index is 0.234. The number of aliphatic hydroxyl groups excluding tert-OH is 1. The van der Waals surface area contributed by atoms with Crippen molar-refractivity contribution in [1.29, 1.82) is 0 Å². The van der Waals surface area contributed by atoms with E-state index in [1.165, 1.54) is 0 Å². The third-order valence-electron chi connectivity index (χ3n) is 2.21. The lowest BCUT2D eigenvalue weighted by atomic mass is 10.1. The Bertz CT molecular complexity index is 376. The van der Waals surface area contributed by atoms with Gasteiger partial charge in [0.2, 0.25) is 5.91 Å². The van der Waals surface area contributed by atoms with Gasteiger partial charge in [0, 0.05) is 5.56 Å². The molecule has 1 amide bonds. The van der Waals surface area contributed by atoms with Gasteiger partial charge in [0.15, 0.2) is 0 Å². The molecule has 0 heterocycles. The molecule has 0 spiro atoms. The summed E-state index contributed by atoms with van der Waals surface area (Å²) in [5, 5.41) is 9.14. The zero-order chi connectivity index (χ0) is 12.3. The van der Waals surface area contributed by atoms with Crippen LogP contribution in [0.4, 0.5) is 0 Å². The van der Waals surface area contributed by atoms with E-state index < -0.39 is 12.0 Å². The molecule has 0 bridgehead atoms. The average Bonchev–Trinajstić information content (AvgIpc) is 2.15. The maximum absolute atomic E-state index is 11.0. The molecule has 4 heteroatoms. The first-order valence-electron chi connectivity index (χ1n) is 5.13. The summed E-state index contributed by atoms with van der Waals surface area (Å²) in [6.07, 6.45) is -0.519. The Hall–Kier alpha value is -1.55. The lowest BCUT2D eigenvalue weighted by Gasteiger charge is -2.14. The van der Waals surface area contributed by atoms with Gasteiger partial charge in [0.1, 0.15) is 12.4 Å². The first-order valence-corrected chi connectivity index (χ1v) is 5.13. The van der Waals surface area contributed by atoms with Crippen LogP contribution < -0.4 is 10.5 Å². The van der Waals surface area contributed by atoms with E-state index in [0.29, 0.717) is 11.3 Å². The van der Waals surface area contributed by atoms with Gasteiger partial charge in [0.05, 0.1) is 6.10 Å². The smallest absolute Gasteiger partial charge is 0.248 e. The number of amides is 1. The van der Waals surface area contributed by atoms with Crippen LogP contribution in [-0.4, -0.2) is 23.7 Å². The average molecular weight is 223 g/mol. The number of rotatable bonds is 4. The van der Waals surface area contributed by atoms with Gasteiger partial charge >= 0.3 is 0 Å². The van der Waals surface area contributed by atoms with E-state index in [-0.39, 0.29) is 6.61 Å². The molecule has 1 rings (SSSR count). The fourth-order valence-corrected chi connectivity index (χ4v) is 1.52. The van der Waals surface area contributed by atoms with E-state index in [2.05, 4.69) is 0 Å². The summed E-state index contributed by atoms with van der Waals surface area (Å²) in [5.74, 6) is 0.249. The first kappa shape index (κ1) is 12.5. The Morgan fingerprint density at radius 1 is 1.44 bits per heavy atom. The van der Waals surface area contributed by atoms with Crippen molar-refractivity contribution >= 4 is 5.91 Å². The molecule has 0 aliphatic heterocycles. The van der Waals surface area contributed by atoms with Gasteiger partial charge in [-0.25, -0.2) is 0 Å². The molecule has 0 fully saturated rings. The standard InChI is InChI=1S/C12H17NO3/c1-7-4-10(12(13)15)5-8(2)11(7)16-6-9(3)14/h4-5,9,14H,6H2,1-3H3,(H2,13,15)/t9-/m1/s1. The molecule has 0 aliphatic carbocycles. The second kappa shape index (κ2) is 4.99. The highest BCUT2D eigenvalue weighted by Gasteiger charge is 2.10. The molecule has 88 valence electrons. The van der Waals surface area contributed by atoms with Crippen molar-refractivity contribution in [1.82, 2.24) is 0 Å². The highest BCUT2D eigenvalue weighted by atomic mass is 16.5. The zero-order valence-electron chi connectivity index (χ0n) is 9.78. The lowest BCUT2D eigenvalue weighted by molar-refractivity contribution is 0.0999. The molecule has 0 saturated carbocycles. The Labute approximate surface area is 95.0 Å². The van der Waals surface area contributed by atoms with Crippen LogP contribution in [0.25, 0.3) is 0 Å². The normalized spacial score (nSPS) is 12.2. The topological polar surface area (TPSA) is 72.6 Å². The molecule has 0 saturated heterocycles. The van der Waals surface area contributed by atoms with Crippen molar-refractivity contribution in [2.75, 3.05) is 6.61 Å². The fourth-order valence-electron chi connectivity index (χ4n) is 1.52. The van der Waals surface area contributed by atoms with Crippen molar-refractivity contribution < 1.29 is 14.6 Å². The van der Waals surface area contributed by atoms with Crippen LogP contribution in [0.5, 0.6) is 5.75 Å². The molecule has 1 aromatic carbocycles.